The molecular weight excluding hydrogens is 288 g/mol. The molecule has 7 heteroatoms. The normalized spacial score (nSPS) is 22.1. The summed E-state index contributed by atoms with van der Waals surface area (Å²) < 4.78 is 26.5. The Morgan fingerprint density at radius 1 is 1.45 bits per heavy atom. The number of carboxylic acid groups (broad SMARTS) is 1. The zero-order valence-electron chi connectivity index (χ0n) is 10.7. The quantitative estimate of drug-likeness (QED) is 0.931. The van der Waals surface area contributed by atoms with E-state index in [0.717, 1.165) is 12.1 Å². The van der Waals surface area contributed by atoms with Crippen LogP contribution in [0.1, 0.15) is 23.7 Å². The van der Waals surface area contributed by atoms with E-state index in [1.165, 1.54) is 16.7 Å². The summed E-state index contributed by atoms with van der Waals surface area (Å²) in [7, 11) is 0. The molecule has 4 nitrogen and oxygen atoms in total. The summed E-state index contributed by atoms with van der Waals surface area (Å²) >= 11 is 1.35. The number of thioether (sulfide) groups is 1. The van der Waals surface area contributed by atoms with Crippen molar-refractivity contribution in [1.82, 2.24) is 4.90 Å². The number of rotatable bonds is 3. The van der Waals surface area contributed by atoms with Crippen molar-refractivity contribution in [3.8, 4) is 0 Å². The lowest BCUT2D eigenvalue weighted by Gasteiger charge is -2.26. The van der Waals surface area contributed by atoms with Crippen molar-refractivity contribution in [2.24, 2.45) is 0 Å². The first-order valence-electron chi connectivity index (χ1n) is 6.07. The summed E-state index contributed by atoms with van der Waals surface area (Å²) in [5.41, 5.74) is -0.307. The summed E-state index contributed by atoms with van der Waals surface area (Å²) in [4.78, 5) is 24.7. The van der Waals surface area contributed by atoms with E-state index < -0.39 is 29.6 Å². The average Bonchev–Trinajstić information content (AvgIpc) is 2.81. The van der Waals surface area contributed by atoms with Crippen LogP contribution in [0.25, 0.3) is 0 Å². The summed E-state index contributed by atoms with van der Waals surface area (Å²) in [5, 5.41) is 8.83. The van der Waals surface area contributed by atoms with Crippen molar-refractivity contribution in [3.63, 3.8) is 0 Å². The van der Waals surface area contributed by atoms with Crippen molar-refractivity contribution in [3.05, 3.63) is 35.4 Å². The molecule has 0 radical (unpaired) electrons. The molecule has 2 atom stereocenters. The molecule has 1 aliphatic heterocycles. The Kier molecular flexibility index (Phi) is 4.27. The number of hydrogen-bond acceptors (Lipinski definition) is 3. The topological polar surface area (TPSA) is 57.6 Å². The minimum Gasteiger partial charge on any atom is -0.480 e. The van der Waals surface area contributed by atoms with Gasteiger partial charge in [0.05, 0.1) is 10.9 Å². The van der Waals surface area contributed by atoms with Crippen LogP contribution >= 0.6 is 11.8 Å². The van der Waals surface area contributed by atoms with E-state index >= 15 is 0 Å². The Balaban J connectivity index is 2.36. The lowest BCUT2D eigenvalue weighted by molar-refractivity contribution is -0.141. The molecule has 0 bridgehead atoms. The third-order valence-corrected chi connectivity index (χ3v) is 4.58. The van der Waals surface area contributed by atoms with Crippen LogP contribution in [0, 0.1) is 11.6 Å². The molecule has 0 spiro atoms. The van der Waals surface area contributed by atoms with E-state index in [0.29, 0.717) is 12.5 Å². The predicted molar refractivity (Wildman–Crippen MR) is 70.5 cm³/mol. The first-order chi connectivity index (χ1) is 9.45. The van der Waals surface area contributed by atoms with Crippen LogP contribution in [0.5, 0.6) is 0 Å². The monoisotopic (exact) mass is 301 g/mol. The number of amides is 1. The maximum absolute atomic E-state index is 13.7. The van der Waals surface area contributed by atoms with Gasteiger partial charge >= 0.3 is 5.97 Å². The van der Waals surface area contributed by atoms with Crippen LogP contribution in [-0.2, 0) is 4.79 Å². The third-order valence-electron chi connectivity index (χ3n) is 3.12. The maximum Gasteiger partial charge on any atom is 0.327 e. The van der Waals surface area contributed by atoms with Crippen LogP contribution in [-0.4, -0.2) is 39.1 Å². The first kappa shape index (κ1) is 14.8. The molecule has 1 aromatic carbocycles. The van der Waals surface area contributed by atoms with Gasteiger partial charge in [0.2, 0.25) is 0 Å². The Labute approximate surface area is 118 Å². The zero-order valence-corrected chi connectivity index (χ0v) is 11.5. The average molecular weight is 301 g/mol. The van der Waals surface area contributed by atoms with Crippen molar-refractivity contribution in [2.75, 3.05) is 5.75 Å². The minimum absolute atomic E-state index is 0.266. The molecule has 1 aromatic rings. The van der Waals surface area contributed by atoms with Gasteiger partial charge in [0.15, 0.2) is 0 Å². The lowest BCUT2D eigenvalue weighted by atomic mass is 10.1. The molecule has 1 saturated heterocycles. The summed E-state index contributed by atoms with van der Waals surface area (Å²) in [5.74, 6) is -3.33. The van der Waals surface area contributed by atoms with Gasteiger partial charge in [-0.2, -0.15) is 0 Å². The number of hydrogen-bond donors (Lipinski definition) is 1. The first-order valence-corrected chi connectivity index (χ1v) is 7.12. The van der Waals surface area contributed by atoms with Gasteiger partial charge in [-0.05, 0) is 18.6 Å². The molecular formula is C13H13F2NO3S. The highest BCUT2D eigenvalue weighted by Gasteiger charge is 2.41. The fraction of sp³-hybridized carbons (Fsp3) is 0.385. The van der Waals surface area contributed by atoms with Gasteiger partial charge in [-0.1, -0.05) is 6.92 Å². The fourth-order valence-corrected chi connectivity index (χ4v) is 3.49. The molecule has 1 aliphatic rings. The molecule has 0 aromatic heterocycles. The van der Waals surface area contributed by atoms with Gasteiger partial charge in [0, 0.05) is 11.8 Å². The van der Waals surface area contributed by atoms with E-state index in [4.69, 9.17) is 5.11 Å². The van der Waals surface area contributed by atoms with Crippen molar-refractivity contribution < 1.29 is 23.5 Å². The van der Waals surface area contributed by atoms with E-state index in [-0.39, 0.29) is 16.7 Å². The summed E-state index contributed by atoms with van der Waals surface area (Å²) in [6.45, 7) is 1.82. The molecule has 1 heterocycles. The number of aliphatic carboxylic acids is 1. The van der Waals surface area contributed by atoms with Crippen molar-refractivity contribution >= 4 is 23.6 Å². The van der Waals surface area contributed by atoms with Gasteiger partial charge in [0.1, 0.15) is 17.7 Å². The number of carbonyl (C=O) groups excluding carboxylic acids is 1. The van der Waals surface area contributed by atoms with Crippen LogP contribution < -0.4 is 0 Å². The van der Waals surface area contributed by atoms with Gasteiger partial charge in [-0.15, -0.1) is 11.8 Å². The second-order valence-corrected chi connectivity index (χ2v) is 5.60. The summed E-state index contributed by atoms with van der Waals surface area (Å²) in [6.07, 6.45) is 0.559. The van der Waals surface area contributed by atoms with Crippen LogP contribution in [0.3, 0.4) is 0 Å². The second kappa shape index (κ2) is 5.78. The maximum atomic E-state index is 13.7. The zero-order chi connectivity index (χ0) is 14.9. The molecule has 1 amide bonds. The number of carbonyl (C=O) groups is 2. The Morgan fingerprint density at radius 3 is 2.70 bits per heavy atom. The Bertz CT molecular complexity index is 552. The molecule has 0 saturated carbocycles. The number of nitrogens with zero attached hydrogens (tertiary/aromatic N) is 1. The SMILES string of the molecule is CCC1SCC(C(=O)O)N1C(=O)c1ccc(F)cc1F. The number of benzene rings is 1. The number of halogens is 2. The number of carboxylic acids is 1. The minimum atomic E-state index is -1.12. The Hall–Kier alpha value is -1.63. The van der Waals surface area contributed by atoms with Gasteiger partial charge in [-0.3, -0.25) is 4.79 Å². The summed E-state index contributed by atoms with van der Waals surface area (Å²) in [6, 6.07) is 1.66. The van der Waals surface area contributed by atoms with E-state index in [2.05, 4.69) is 0 Å². The highest BCUT2D eigenvalue weighted by Crippen LogP contribution is 2.33. The van der Waals surface area contributed by atoms with Crippen LogP contribution in [0.15, 0.2) is 18.2 Å². The smallest absolute Gasteiger partial charge is 0.327 e. The molecule has 0 aliphatic carbocycles. The molecule has 2 rings (SSSR count). The standard InChI is InChI=1S/C13H13F2NO3S/c1-2-11-16(10(6-20-11)13(18)19)12(17)8-4-3-7(14)5-9(8)15/h3-5,10-11H,2,6H2,1H3,(H,18,19). The fourth-order valence-electron chi connectivity index (χ4n) is 2.14. The van der Waals surface area contributed by atoms with E-state index in [1.54, 1.807) is 0 Å². The second-order valence-electron chi connectivity index (χ2n) is 4.39. The third kappa shape index (κ3) is 2.63. The van der Waals surface area contributed by atoms with Crippen molar-refractivity contribution in [2.45, 2.75) is 24.8 Å². The highest BCUT2D eigenvalue weighted by atomic mass is 32.2. The van der Waals surface area contributed by atoms with Gasteiger partial charge in [0.25, 0.3) is 5.91 Å². The molecule has 108 valence electrons. The molecule has 1 fully saturated rings. The van der Waals surface area contributed by atoms with Crippen molar-refractivity contribution in [1.29, 1.82) is 0 Å². The Morgan fingerprint density at radius 2 is 2.15 bits per heavy atom. The van der Waals surface area contributed by atoms with Crippen LogP contribution in [0.4, 0.5) is 8.78 Å². The largest absolute Gasteiger partial charge is 0.480 e. The van der Waals surface area contributed by atoms with E-state index in [9.17, 15) is 18.4 Å². The van der Waals surface area contributed by atoms with Crippen LogP contribution in [0.2, 0.25) is 0 Å². The molecule has 20 heavy (non-hydrogen) atoms. The van der Waals surface area contributed by atoms with E-state index in [1.807, 2.05) is 6.92 Å². The predicted octanol–water partition coefficient (Wildman–Crippen LogP) is 2.34. The molecule has 1 N–H and O–H groups in total. The highest BCUT2D eigenvalue weighted by molar-refractivity contribution is 8.00. The molecule has 2 unspecified atom stereocenters. The van der Waals surface area contributed by atoms with Gasteiger partial charge < -0.3 is 10.0 Å². The van der Waals surface area contributed by atoms with Gasteiger partial charge in [-0.25, -0.2) is 13.6 Å². The lowest BCUT2D eigenvalue weighted by Crippen LogP contribution is -2.45.